The van der Waals surface area contributed by atoms with Crippen LogP contribution in [-0.2, 0) is 0 Å². The predicted octanol–water partition coefficient (Wildman–Crippen LogP) is 16.0. The molecule has 272 valence electrons. The molecular formula is C56H37NO. The molecule has 0 spiro atoms. The summed E-state index contributed by atoms with van der Waals surface area (Å²) < 4.78 is 6.54. The van der Waals surface area contributed by atoms with Crippen molar-refractivity contribution in [2.75, 3.05) is 4.90 Å². The summed E-state index contributed by atoms with van der Waals surface area (Å²) in [6, 6.07) is 80.6. The fourth-order valence-corrected chi connectivity index (χ4v) is 8.67. The van der Waals surface area contributed by atoms with E-state index < -0.39 is 0 Å². The van der Waals surface area contributed by atoms with Crippen LogP contribution in [0, 0.1) is 0 Å². The Balaban J connectivity index is 1.02. The number of rotatable bonds is 7. The van der Waals surface area contributed by atoms with Gasteiger partial charge < -0.3 is 9.32 Å². The summed E-state index contributed by atoms with van der Waals surface area (Å²) in [5.41, 5.74) is 14.6. The fourth-order valence-electron chi connectivity index (χ4n) is 8.67. The number of hydrogen-bond acceptors (Lipinski definition) is 2. The van der Waals surface area contributed by atoms with Gasteiger partial charge in [0.1, 0.15) is 11.2 Å². The molecule has 0 amide bonds. The van der Waals surface area contributed by atoms with Crippen molar-refractivity contribution in [3.8, 4) is 44.5 Å². The van der Waals surface area contributed by atoms with Gasteiger partial charge in [0.2, 0.25) is 0 Å². The predicted molar refractivity (Wildman–Crippen MR) is 245 cm³/mol. The Kier molecular flexibility index (Phi) is 8.19. The summed E-state index contributed by atoms with van der Waals surface area (Å²) in [7, 11) is 0. The van der Waals surface area contributed by atoms with Gasteiger partial charge in [-0.1, -0.05) is 176 Å². The van der Waals surface area contributed by atoms with Gasteiger partial charge in [0.25, 0.3) is 0 Å². The first-order valence-corrected chi connectivity index (χ1v) is 19.8. The highest BCUT2D eigenvalue weighted by Gasteiger charge is 2.19. The van der Waals surface area contributed by atoms with E-state index in [0.29, 0.717) is 0 Å². The zero-order valence-electron chi connectivity index (χ0n) is 31.7. The molecule has 0 fully saturated rings. The van der Waals surface area contributed by atoms with Crippen LogP contribution in [0.4, 0.5) is 17.1 Å². The first-order chi connectivity index (χ1) is 28.8. The Morgan fingerprint density at radius 2 is 0.862 bits per heavy atom. The zero-order valence-corrected chi connectivity index (χ0v) is 31.7. The van der Waals surface area contributed by atoms with Crippen molar-refractivity contribution in [1.29, 1.82) is 0 Å². The maximum absolute atomic E-state index is 6.54. The second kappa shape index (κ2) is 14.1. The van der Waals surface area contributed by atoms with E-state index in [9.17, 15) is 0 Å². The van der Waals surface area contributed by atoms with Crippen molar-refractivity contribution in [2.45, 2.75) is 0 Å². The van der Waals surface area contributed by atoms with Crippen LogP contribution in [-0.4, -0.2) is 0 Å². The van der Waals surface area contributed by atoms with Gasteiger partial charge in [-0.05, 0) is 104 Å². The van der Waals surface area contributed by atoms with Gasteiger partial charge in [0, 0.05) is 32.9 Å². The maximum atomic E-state index is 6.54. The third-order valence-electron chi connectivity index (χ3n) is 11.5. The van der Waals surface area contributed by atoms with Crippen molar-refractivity contribution in [3.05, 3.63) is 224 Å². The lowest BCUT2D eigenvalue weighted by atomic mass is 9.91. The van der Waals surface area contributed by atoms with E-state index in [2.05, 4.69) is 229 Å². The standard InChI is InChI=1S/C56H37NO/c1-3-13-38(14-4-1)44-30-35-47(52(37-44)40-15-5-2-6-16-40)42-25-31-45(32-26-42)57(53-23-11-19-39-17-7-9-20-48(39)53)46-33-27-43(28-34-46)49-22-12-24-54-55(49)51-36-29-41-18-8-10-21-50(41)56(51)58-54/h1-37H. The third-order valence-corrected chi connectivity index (χ3v) is 11.5. The molecule has 2 heteroatoms. The molecule has 0 aliphatic heterocycles. The van der Waals surface area contributed by atoms with Crippen LogP contribution in [0.3, 0.4) is 0 Å². The number of fused-ring (bicyclic) bond motifs is 6. The van der Waals surface area contributed by atoms with E-state index in [-0.39, 0.29) is 0 Å². The summed E-state index contributed by atoms with van der Waals surface area (Å²) in [5.74, 6) is 0. The molecule has 2 nitrogen and oxygen atoms in total. The highest BCUT2D eigenvalue weighted by Crippen LogP contribution is 2.44. The molecule has 0 N–H and O–H groups in total. The Morgan fingerprint density at radius 3 is 1.59 bits per heavy atom. The fraction of sp³-hybridized carbons (Fsp3) is 0. The Hall–Kier alpha value is -7.68. The van der Waals surface area contributed by atoms with Crippen molar-refractivity contribution >= 4 is 60.5 Å². The van der Waals surface area contributed by atoms with Gasteiger partial charge in [-0.15, -0.1) is 0 Å². The minimum absolute atomic E-state index is 0.899. The Bertz CT molecular complexity index is 3250. The van der Waals surface area contributed by atoms with E-state index in [1.165, 1.54) is 49.5 Å². The van der Waals surface area contributed by atoms with Gasteiger partial charge in [0.15, 0.2) is 0 Å². The molecule has 1 aromatic heterocycles. The second-order valence-electron chi connectivity index (χ2n) is 14.9. The van der Waals surface area contributed by atoms with Crippen molar-refractivity contribution < 1.29 is 4.42 Å². The average molecular weight is 740 g/mol. The van der Waals surface area contributed by atoms with Crippen molar-refractivity contribution in [3.63, 3.8) is 0 Å². The molecule has 0 bridgehead atoms. The second-order valence-corrected chi connectivity index (χ2v) is 14.9. The molecule has 0 saturated carbocycles. The molecule has 0 saturated heterocycles. The number of hydrogen-bond donors (Lipinski definition) is 0. The topological polar surface area (TPSA) is 16.4 Å². The number of anilines is 3. The van der Waals surface area contributed by atoms with Gasteiger partial charge in [0.05, 0.1) is 5.69 Å². The van der Waals surface area contributed by atoms with Gasteiger partial charge in [-0.2, -0.15) is 0 Å². The highest BCUT2D eigenvalue weighted by atomic mass is 16.3. The molecule has 1 heterocycles. The largest absolute Gasteiger partial charge is 0.455 e. The summed E-state index contributed by atoms with van der Waals surface area (Å²) in [6.07, 6.45) is 0. The van der Waals surface area contributed by atoms with Crippen LogP contribution >= 0.6 is 0 Å². The molecule has 11 rings (SSSR count). The lowest BCUT2D eigenvalue weighted by Crippen LogP contribution is -2.10. The summed E-state index contributed by atoms with van der Waals surface area (Å²) in [6.45, 7) is 0. The molecular weight excluding hydrogens is 703 g/mol. The number of furan rings is 1. The van der Waals surface area contributed by atoms with E-state index in [1.807, 2.05) is 0 Å². The molecule has 10 aromatic carbocycles. The third kappa shape index (κ3) is 5.82. The van der Waals surface area contributed by atoms with Crippen LogP contribution in [0.15, 0.2) is 229 Å². The molecule has 58 heavy (non-hydrogen) atoms. The van der Waals surface area contributed by atoms with Crippen LogP contribution in [0.25, 0.3) is 88.0 Å². The molecule has 0 aliphatic carbocycles. The Labute approximate surface area is 337 Å². The minimum atomic E-state index is 0.899. The zero-order chi connectivity index (χ0) is 38.4. The summed E-state index contributed by atoms with van der Waals surface area (Å²) in [4.78, 5) is 2.38. The van der Waals surface area contributed by atoms with E-state index in [0.717, 1.165) is 55.5 Å². The maximum Gasteiger partial charge on any atom is 0.143 e. The van der Waals surface area contributed by atoms with Crippen molar-refractivity contribution in [1.82, 2.24) is 0 Å². The van der Waals surface area contributed by atoms with E-state index >= 15 is 0 Å². The molecule has 0 unspecified atom stereocenters. The molecule has 11 aromatic rings. The first-order valence-electron chi connectivity index (χ1n) is 19.8. The minimum Gasteiger partial charge on any atom is -0.455 e. The highest BCUT2D eigenvalue weighted by molar-refractivity contribution is 6.19. The van der Waals surface area contributed by atoms with Crippen LogP contribution in [0.2, 0.25) is 0 Å². The smallest absolute Gasteiger partial charge is 0.143 e. The Morgan fingerprint density at radius 1 is 0.310 bits per heavy atom. The van der Waals surface area contributed by atoms with Gasteiger partial charge >= 0.3 is 0 Å². The first kappa shape index (κ1) is 33.6. The summed E-state index contributed by atoms with van der Waals surface area (Å²) in [5, 5.41) is 6.99. The number of benzene rings is 10. The van der Waals surface area contributed by atoms with Crippen LogP contribution in [0.5, 0.6) is 0 Å². The monoisotopic (exact) mass is 739 g/mol. The lowest BCUT2D eigenvalue weighted by molar-refractivity contribution is 0.673. The van der Waals surface area contributed by atoms with E-state index in [4.69, 9.17) is 4.42 Å². The SMILES string of the molecule is c1ccc(-c2ccc(-c3ccc(N(c4ccc(-c5cccc6oc7c8ccccc8ccc7c56)cc4)c4cccc5ccccc45)cc3)c(-c3ccccc3)c2)cc1. The normalized spacial score (nSPS) is 11.4. The van der Waals surface area contributed by atoms with Crippen molar-refractivity contribution in [2.24, 2.45) is 0 Å². The van der Waals surface area contributed by atoms with Gasteiger partial charge in [-0.3, -0.25) is 0 Å². The number of nitrogens with zero attached hydrogens (tertiary/aromatic N) is 1. The van der Waals surface area contributed by atoms with Crippen LogP contribution < -0.4 is 4.90 Å². The summed E-state index contributed by atoms with van der Waals surface area (Å²) >= 11 is 0. The molecule has 0 atom stereocenters. The van der Waals surface area contributed by atoms with E-state index in [1.54, 1.807) is 0 Å². The average Bonchev–Trinajstić information content (AvgIpc) is 3.70. The molecule has 0 aliphatic rings. The quantitative estimate of drug-likeness (QED) is 0.162. The lowest BCUT2D eigenvalue weighted by Gasteiger charge is -2.27. The van der Waals surface area contributed by atoms with Gasteiger partial charge in [-0.25, -0.2) is 0 Å². The molecule has 0 radical (unpaired) electrons. The van der Waals surface area contributed by atoms with Crippen LogP contribution in [0.1, 0.15) is 0 Å².